The number of hydrogen-bond donors (Lipinski definition) is 2. The molecular weight excluding hydrogens is 972 g/mol. The highest BCUT2D eigenvalue weighted by Crippen LogP contribution is 2.38. The first-order chi connectivity index (χ1) is 37.5. The Morgan fingerprint density at radius 2 is 0.727 bits per heavy atom. The number of nitrogens with zero attached hydrogens (tertiary/aromatic N) is 1. The Balaban J connectivity index is 4.09. The summed E-state index contributed by atoms with van der Waals surface area (Å²) in [7, 11) is 1.26. The van der Waals surface area contributed by atoms with E-state index in [0.717, 1.165) is 38.5 Å². The monoisotopic (exact) mass is 1100 g/mol. The van der Waals surface area contributed by atoms with Crippen LogP contribution in [0.4, 0.5) is 0 Å². The highest BCUT2D eigenvalue weighted by atomic mass is 31.2. The number of nitrogens with one attached hydrogen (secondary N) is 1. The third-order valence-electron chi connectivity index (χ3n) is 15.6. The van der Waals surface area contributed by atoms with Gasteiger partial charge in [-0.1, -0.05) is 314 Å². The van der Waals surface area contributed by atoms with Crippen LogP contribution in [0, 0.1) is 0 Å². The topological polar surface area (TPSA) is 108 Å². The third kappa shape index (κ3) is 62.2. The SMILES string of the molecule is CCCCCCCCCCCCCC/C=C\CCCCCCCCCCCCCCCCCC(=O)NC(COP(=O)([O-])OCC[N+](C)(C)C)C(O)/C=C/CC/C=C/CCCCCCCCCCCCCCCCCCCC. The number of likely N-dealkylation sites (N-methyl/N-ethyl adjacent to an activating group) is 1. The molecule has 2 N–H and O–H groups in total. The smallest absolute Gasteiger partial charge is 0.268 e. The number of unbranched alkanes of at least 4 members (excludes halogenated alkanes) is 46. The quantitative estimate of drug-likeness (QED) is 0.0272. The number of rotatable bonds is 63. The maximum Gasteiger partial charge on any atom is 0.268 e. The van der Waals surface area contributed by atoms with E-state index in [0.29, 0.717) is 17.4 Å². The number of allylic oxidation sites excluding steroid dienone is 5. The summed E-state index contributed by atoms with van der Waals surface area (Å²) in [5.41, 5.74) is 0. The van der Waals surface area contributed by atoms with Crippen LogP contribution in [0.25, 0.3) is 0 Å². The number of phosphoric acid groups is 1. The van der Waals surface area contributed by atoms with Crippen LogP contribution in [-0.4, -0.2) is 68.5 Å². The number of carbonyl (C=O) groups is 1. The Morgan fingerprint density at radius 3 is 1.05 bits per heavy atom. The van der Waals surface area contributed by atoms with Gasteiger partial charge in [0.15, 0.2) is 0 Å². The van der Waals surface area contributed by atoms with E-state index < -0.39 is 20.0 Å². The lowest BCUT2D eigenvalue weighted by atomic mass is 10.0. The lowest BCUT2D eigenvalue weighted by molar-refractivity contribution is -0.870. The fraction of sp³-hybridized carbons (Fsp3) is 0.897. The standard InChI is InChI=1S/C68H133N2O6P/c1-6-8-10-12-14-16-18-20-22-24-26-28-30-32-33-34-35-36-37-38-40-42-44-46-48-50-52-54-56-58-60-62-68(72)69-66(65-76-77(73,74)75-64-63-70(3,4)5)67(71)61-59-57-55-53-51-49-47-45-43-41-39-31-29-27-25-23-21-19-17-15-13-11-9-7-2/h32-33,51,53,59,61,66-67,71H,6-31,34-50,52,54-58,60,62-65H2,1-5H3,(H-,69,72,73,74)/b33-32-,53-51+,61-59+. The van der Waals surface area contributed by atoms with Crippen molar-refractivity contribution in [2.24, 2.45) is 0 Å². The van der Waals surface area contributed by atoms with Crippen LogP contribution in [-0.2, 0) is 18.4 Å². The number of aliphatic hydroxyl groups excluding tert-OH is 1. The molecule has 456 valence electrons. The van der Waals surface area contributed by atoms with Gasteiger partial charge in [0.05, 0.1) is 39.9 Å². The lowest BCUT2D eigenvalue weighted by Crippen LogP contribution is -2.45. The molecule has 0 bridgehead atoms. The van der Waals surface area contributed by atoms with Crippen molar-refractivity contribution in [2.45, 2.75) is 353 Å². The van der Waals surface area contributed by atoms with Crippen molar-refractivity contribution in [3.63, 3.8) is 0 Å². The highest BCUT2D eigenvalue weighted by Gasteiger charge is 2.23. The molecule has 8 nitrogen and oxygen atoms in total. The van der Waals surface area contributed by atoms with E-state index in [4.69, 9.17) is 9.05 Å². The van der Waals surface area contributed by atoms with Gasteiger partial charge in [0.2, 0.25) is 5.91 Å². The van der Waals surface area contributed by atoms with Gasteiger partial charge in [-0.3, -0.25) is 9.36 Å². The van der Waals surface area contributed by atoms with E-state index in [2.05, 4.69) is 43.5 Å². The van der Waals surface area contributed by atoms with Crippen LogP contribution in [0.5, 0.6) is 0 Å². The zero-order chi connectivity index (χ0) is 56.3. The normalized spacial score (nSPS) is 13.9. The number of aliphatic hydroxyl groups is 1. The van der Waals surface area contributed by atoms with E-state index in [1.165, 1.54) is 283 Å². The first-order valence-electron chi connectivity index (χ1n) is 33.9. The summed E-state index contributed by atoms with van der Waals surface area (Å²) in [6.07, 6.45) is 78.4. The molecule has 0 fully saturated rings. The van der Waals surface area contributed by atoms with Crippen molar-refractivity contribution in [1.29, 1.82) is 0 Å². The van der Waals surface area contributed by atoms with Gasteiger partial charge >= 0.3 is 0 Å². The maximum absolute atomic E-state index is 13.0. The highest BCUT2D eigenvalue weighted by molar-refractivity contribution is 7.45. The van der Waals surface area contributed by atoms with Gasteiger partial charge in [-0.15, -0.1) is 0 Å². The molecule has 3 atom stereocenters. The molecule has 0 rings (SSSR count). The summed E-state index contributed by atoms with van der Waals surface area (Å²) in [5, 5.41) is 13.9. The molecule has 0 radical (unpaired) electrons. The molecule has 0 aliphatic heterocycles. The molecule has 1 amide bonds. The van der Waals surface area contributed by atoms with Crippen LogP contribution in [0.3, 0.4) is 0 Å². The molecule has 0 aromatic heterocycles. The van der Waals surface area contributed by atoms with Crippen LogP contribution in [0.15, 0.2) is 36.5 Å². The Morgan fingerprint density at radius 1 is 0.442 bits per heavy atom. The van der Waals surface area contributed by atoms with E-state index >= 15 is 0 Å². The zero-order valence-corrected chi connectivity index (χ0v) is 53.1. The van der Waals surface area contributed by atoms with Crippen LogP contribution < -0.4 is 10.2 Å². The van der Waals surface area contributed by atoms with Gasteiger partial charge in [0.25, 0.3) is 7.82 Å². The van der Waals surface area contributed by atoms with Crippen molar-refractivity contribution in [2.75, 3.05) is 40.9 Å². The van der Waals surface area contributed by atoms with E-state index in [1.54, 1.807) is 6.08 Å². The van der Waals surface area contributed by atoms with Crippen LogP contribution >= 0.6 is 7.82 Å². The molecule has 0 spiro atoms. The van der Waals surface area contributed by atoms with Crippen LogP contribution in [0.1, 0.15) is 341 Å². The molecule has 0 aromatic rings. The van der Waals surface area contributed by atoms with Crippen molar-refractivity contribution in [3.8, 4) is 0 Å². The summed E-state index contributed by atoms with van der Waals surface area (Å²) >= 11 is 0. The van der Waals surface area contributed by atoms with Crippen molar-refractivity contribution in [3.05, 3.63) is 36.5 Å². The number of carbonyl (C=O) groups excluding carboxylic acids is 1. The molecule has 0 aliphatic carbocycles. The molecule has 0 aliphatic rings. The largest absolute Gasteiger partial charge is 0.756 e. The summed E-state index contributed by atoms with van der Waals surface area (Å²) < 4.78 is 23.4. The number of phosphoric ester groups is 1. The van der Waals surface area contributed by atoms with Crippen LogP contribution in [0.2, 0.25) is 0 Å². The molecule has 0 saturated heterocycles. The molecule has 0 aromatic carbocycles. The maximum atomic E-state index is 13.0. The predicted octanol–water partition coefficient (Wildman–Crippen LogP) is 20.6. The molecule has 0 heterocycles. The minimum absolute atomic E-state index is 0.00488. The lowest BCUT2D eigenvalue weighted by Gasteiger charge is -2.29. The minimum atomic E-state index is -4.61. The second-order valence-corrected chi connectivity index (χ2v) is 25.9. The third-order valence-corrected chi connectivity index (χ3v) is 16.5. The average Bonchev–Trinajstić information content (AvgIpc) is 3.39. The minimum Gasteiger partial charge on any atom is -0.756 e. The second kappa shape index (κ2) is 59.3. The van der Waals surface area contributed by atoms with Gasteiger partial charge in [-0.25, -0.2) is 0 Å². The molecule has 3 unspecified atom stereocenters. The molecule has 0 saturated carbocycles. The zero-order valence-electron chi connectivity index (χ0n) is 52.2. The van der Waals surface area contributed by atoms with E-state index in [1.807, 2.05) is 27.2 Å². The average molecular weight is 1110 g/mol. The first kappa shape index (κ1) is 75.7. The summed E-state index contributed by atoms with van der Waals surface area (Å²) in [6.45, 7) is 4.68. The number of quaternary nitrogens is 1. The number of hydrogen-bond acceptors (Lipinski definition) is 6. The molecule has 77 heavy (non-hydrogen) atoms. The van der Waals surface area contributed by atoms with Gasteiger partial charge in [0, 0.05) is 6.42 Å². The molecule has 9 heteroatoms. The summed E-state index contributed by atoms with van der Waals surface area (Å²) in [4.78, 5) is 25.6. The fourth-order valence-electron chi connectivity index (χ4n) is 10.3. The second-order valence-electron chi connectivity index (χ2n) is 24.5. The number of amides is 1. The van der Waals surface area contributed by atoms with E-state index in [9.17, 15) is 19.4 Å². The van der Waals surface area contributed by atoms with Gasteiger partial charge in [-0.05, 0) is 57.8 Å². The van der Waals surface area contributed by atoms with Crippen molar-refractivity contribution >= 4 is 13.7 Å². The van der Waals surface area contributed by atoms with E-state index in [-0.39, 0.29) is 19.1 Å². The summed E-state index contributed by atoms with van der Waals surface area (Å²) in [6, 6.07) is -0.904. The summed E-state index contributed by atoms with van der Waals surface area (Å²) in [5.74, 6) is -0.201. The first-order valence-corrected chi connectivity index (χ1v) is 35.3. The van der Waals surface area contributed by atoms with Gasteiger partial charge < -0.3 is 28.8 Å². The van der Waals surface area contributed by atoms with Crippen molar-refractivity contribution in [1.82, 2.24) is 5.32 Å². The Labute approximate surface area is 480 Å². The van der Waals surface area contributed by atoms with Gasteiger partial charge in [0.1, 0.15) is 13.2 Å². The Bertz CT molecular complexity index is 1350. The van der Waals surface area contributed by atoms with Gasteiger partial charge in [-0.2, -0.15) is 0 Å². The molecular formula is C68H133N2O6P. The Hall–Kier alpha value is -1.28. The Kier molecular flexibility index (Phi) is 58.4. The predicted molar refractivity (Wildman–Crippen MR) is 335 cm³/mol. The van der Waals surface area contributed by atoms with Crippen molar-refractivity contribution < 1.29 is 32.9 Å². The fourth-order valence-corrected chi connectivity index (χ4v) is 11.0.